The fourth-order valence-corrected chi connectivity index (χ4v) is 3.53. The Balaban J connectivity index is 1.29. The molecule has 0 bridgehead atoms. The number of para-hydroxylation sites is 1. The van der Waals surface area contributed by atoms with Gasteiger partial charge in [0.05, 0.1) is 24.8 Å². The minimum atomic E-state index is -0.392. The van der Waals surface area contributed by atoms with E-state index in [1.165, 1.54) is 11.8 Å². The molecule has 2 aromatic carbocycles. The molecule has 0 fully saturated rings. The largest absolute Gasteiger partial charge is 0.362 e. The van der Waals surface area contributed by atoms with Crippen molar-refractivity contribution in [3.63, 3.8) is 0 Å². The summed E-state index contributed by atoms with van der Waals surface area (Å²) in [6.07, 6.45) is 5.19. The van der Waals surface area contributed by atoms with Gasteiger partial charge in [0.25, 0.3) is 11.8 Å². The van der Waals surface area contributed by atoms with Crippen LogP contribution in [0.15, 0.2) is 67.0 Å². The van der Waals surface area contributed by atoms with Crippen LogP contribution in [0.1, 0.15) is 27.9 Å². The zero-order chi connectivity index (χ0) is 20.1. The summed E-state index contributed by atoms with van der Waals surface area (Å²) < 4.78 is 1.69. The molecule has 29 heavy (non-hydrogen) atoms. The van der Waals surface area contributed by atoms with E-state index in [1.807, 2.05) is 53.4 Å². The van der Waals surface area contributed by atoms with Gasteiger partial charge in [-0.25, -0.2) is 0 Å². The molecule has 7 heteroatoms. The first-order chi connectivity index (χ1) is 14.2. The van der Waals surface area contributed by atoms with Gasteiger partial charge in [0.1, 0.15) is 0 Å². The van der Waals surface area contributed by atoms with Crippen molar-refractivity contribution in [1.82, 2.24) is 20.6 Å². The van der Waals surface area contributed by atoms with Crippen molar-refractivity contribution < 1.29 is 9.59 Å². The minimum absolute atomic E-state index is 0.199. The Morgan fingerprint density at radius 3 is 2.66 bits per heavy atom. The second-order valence-electron chi connectivity index (χ2n) is 7.07. The lowest BCUT2D eigenvalue weighted by molar-refractivity contribution is -0.120. The van der Waals surface area contributed by atoms with E-state index in [0.29, 0.717) is 12.1 Å². The Labute approximate surface area is 169 Å². The third-order valence-corrected chi connectivity index (χ3v) is 4.94. The molecule has 0 spiro atoms. The van der Waals surface area contributed by atoms with E-state index >= 15 is 0 Å². The van der Waals surface area contributed by atoms with Crippen molar-refractivity contribution in [3.8, 4) is 0 Å². The predicted octanol–water partition coefficient (Wildman–Crippen LogP) is 2.15. The van der Waals surface area contributed by atoms with E-state index in [-0.39, 0.29) is 12.5 Å². The molecule has 0 atom stereocenters. The number of carbonyl (C=O) groups excluding carboxylic acids is 2. The standard InChI is InChI=1S/C22H23N5O2/c28-21(16-26-12-6-10-18-9-4-5-11-20(18)26)24-25-22(29)19-13-23-27(15-19)14-17-7-2-1-3-8-17/h1-5,7-9,11,13,15H,6,10,12,14,16H2,(H,24,28)(H,25,29). The van der Waals surface area contributed by atoms with Gasteiger partial charge in [-0.15, -0.1) is 0 Å². The molecular formula is C22H23N5O2. The minimum Gasteiger partial charge on any atom is -0.362 e. The van der Waals surface area contributed by atoms with Crippen molar-refractivity contribution >= 4 is 17.5 Å². The van der Waals surface area contributed by atoms with Gasteiger partial charge in [0.2, 0.25) is 0 Å². The summed E-state index contributed by atoms with van der Waals surface area (Å²) in [5.41, 5.74) is 8.80. The number of aryl methyl sites for hydroxylation is 1. The number of rotatable bonds is 5. The Bertz CT molecular complexity index is 999. The molecule has 0 radical (unpaired) electrons. The number of carbonyl (C=O) groups is 2. The van der Waals surface area contributed by atoms with Crippen LogP contribution in [-0.2, 0) is 17.8 Å². The normalized spacial score (nSPS) is 12.9. The van der Waals surface area contributed by atoms with Gasteiger partial charge in [0, 0.05) is 18.4 Å². The average molecular weight is 389 g/mol. The quantitative estimate of drug-likeness (QED) is 0.656. The molecule has 1 aliphatic heterocycles. The average Bonchev–Trinajstić information content (AvgIpc) is 3.22. The summed E-state index contributed by atoms with van der Waals surface area (Å²) in [5, 5.41) is 4.21. The first kappa shape index (κ1) is 18.7. The highest BCUT2D eigenvalue weighted by Crippen LogP contribution is 2.26. The van der Waals surface area contributed by atoms with E-state index in [0.717, 1.165) is 30.6 Å². The van der Waals surface area contributed by atoms with Crippen LogP contribution in [0.3, 0.4) is 0 Å². The Morgan fingerprint density at radius 1 is 1.00 bits per heavy atom. The fourth-order valence-electron chi connectivity index (χ4n) is 3.53. The van der Waals surface area contributed by atoms with Crippen LogP contribution in [0.5, 0.6) is 0 Å². The molecule has 0 unspecified atom stereocenters. The summed E-state index contributed by atoms with van der Waals surface area (Å²) in [4.78, 5) is 26.7. The monoisotopic (exact) mass is 389 g/mol. The van der Waals surface area contributed by atoms with Crippen molar-refractivity contribution in [2.24, 2.45) is 0 Å². The van der Waals surface area contributed by atoms with Crippen molar-refractivity contribution in [2.75, 3.05) is 18.0 Å². The molecule has 1 aromatic heterocycles. The van der Waals surface area contributed by atoms with Crippen LogP contribution in [0, 0.1) is 0 Å². The number of hydrazine groups is 1. The molecule has 4 rings (SSSR count). The maximum atomic E-state index is 12.3. The number of aromatic nitrogens is 2. The lowest BCUT2D eigenvalue weighted by atomic mass is 10.0. The number of nitrogens with one attached hydrogen (secondary N) is 2. The van der Waals surface area contributed by atoms with Crippen LogP contribution in [0.2, 0.25) is 0 Å². The third-order valence-electron chi connectivity index (χ3n) is 4.94. The zero-order valence-electron chi connectivity index (χ0n) is 16.0. The summed E-state index contributed by atoms with van der Waals surface area (Å²) in [6.45, 7) is 1.60. The van der Waals surface area contributed by atoms with Crippen LogP contribution in [-0.4, -0.2) is 34.7 Å². The van der Waals surface area contributed by atoms with Gasteiger partial charge >= 0.3 is 0 Å². The van der Waals surface area contributed by atoms with Crippen molar-refractivity contribution in [2.45, 2.75) is 19.4 Å². The van der Waals surface area contributed by atoms with Gasteiger partial charge in [-0.3, -0.25) is 25.1 Å². The Morgan fingerprint density at radius 2 is 1.79 bits per heavy atom. The first-order valence-corrected chi connectivity index (χ1v) is 9.67. The SMILES string of the molecule is O=C(CN1CCCc2ccccc21)NNC(=O)c1cnn(Cc2ccccc2)c1. The van der Waals surface area contributed by atoms with Crippen LogP contribution >= 0.6 is 0 Å². The lowest BCUT2D eigenvalue weighted by Gasteiger charge is -2.30. The van der Waals surface area contributed by atoms with E-state index < -0.39 is 5.91 Å². The van der Waals surface area contributed by atoms with E-state index in [9.17, 15) is 9.59 Å². The Kier molecular flexibility index (Phi) is 5.56. The topological polar surface area (TPSA) is 79.3 Å². The molecule has 0 aliphatic carbocycles. The number of benzene rings is 2. The second kappa shape index (κ2) is 8.60. The van der Waals surface area contributed by atoms with Gasteiger partial charge in [-0.2, -0.15) is 5.10 Å². The molecule has 7 nitrogen and oxygen atoms in total. The van der Waals surface area contributed by atoms with Gasteiger partial charge in [-0.05, 0) is 30.0 Å². The number of nitrogens with zero attached hydrogens (tertiary/aromatic N) is 3. The third kappa shape index (κ3) is 4.63. The van der Waals surface area contributed by atoms with Crippen LogP contribution < -0.4 is 15.8 Å². The molecule has 0 saturated heterocycles. The molecule has 3 aromatic rings. The zero-order valence-corrected chi connectivity index (χ0v) is 16.0. The van der Waals surface area contributed by atoms with E-state index in [2.05, 4.69) is 22.0 Å². The van der Waals surface area contributed by atoms with Crippen LogP contribution in [0.25, 0.3) is 0 Å². The highest BCUT2D eigenvalue weighted by molar-refractivity contribution is 5.95. The fraction of sp³-hybridized carbons (Fsp3) is 0.227. The van der Waals surface area contributed by atoms with E-state index in [4.69, 9.17) is 0 Å². The first-order valence-electron chi connectivity index (χ1n) is 9.67. The van der Waals surface area contributed by atoms with Gasteiger partial charge < -0.3 is 4.90 Å². The number of hydrogen-bond donors (Lipinski definition) is 2. The Hall–Kier alpha value is -3.61. The predicted molar refractivity (Wildman–Crippen MR) is 110 cm³/mol. The lowest BCUT2D eigenvalue weighted by Crippen LogP contribution is -2.47. The molecule has 2 heterocycles. The van der Waals surface area contributed by atoms with Crippen molar-refractivity contribution in [1.29, 1.82) is 0 Å². The molecule has 0 saturated carbocycles. The summed E-state index contributed by atoms with van der Waals surface area (Å²) in [6, 6.07) is 18.0. The number of amides is 2. The summed E-state index contributed by atoms with van der Waals surface area (Å²) in [7, 11) is 0. The maximum absolute atomic E-state index is 12.3. The highest BCUT2D eigenvalue weighted by atomic mass is 16.2. The highest BCUT2D eigenvalue weighted by Gasteiger charge is 2.19. The molecule has 1 aliphatic rings. The van der Waals surface area contributed by atoms with Gasteiger partial charge in [-0.1, -0.05) is 48.5 Å². The molecule has 2 amide bonds. The molecule has 148 valence electrons. The van der Waals surface area contributed by atoms with E-state index in [1.54, 1.807) is 10.9 Å². The molecule has 2 N–H and O–H groups in total. The molecular weight excluding hydrogens is 366 g/mol. The number of fused-ring (bicyclic) bond motifs is 1. The number of hydrogen-bond acceptors (Lipinski definition) is 4. The number of anilines is 1. The van der Waals surface area contributed by atoms with Crippen LogP contribution in [0.4, 0.5) is 5.69 Å². The second-order valence-corrected chi connectivity index (χ2v) is 7.07. The van der Waals surface area contributed by atoms with Crippen molar-refractivity contribution in [3.05, 3.63) is 83.7 Å². The summed E-state index contributed by atoms with van der Waals surface area (Å²) in [5.74, 6) is -0.650. The smallest absolute Gasteiger partial charge is 0.272 e. The summed E-state index contributed by atoms with van der Waals surface area (Å²) >= 11 is 0. The van der Waals surface area contributed by atoms with Gasteiger partial charge in [0.15, 0.2) is 0 Å². The maximum Gasteiger partial charge on any atom is 0.272 e.